The van der Waals surface area contributed by atoms with E-state index in [4.69, 9.17) is 0 Å². The van der Waals surface area contributed by atoms with E-state index in [1.165, 1.54) is 24.3 Å². The average Bonchev–Trinajstić information content (AvgIpc) is 3.20. The number of aryl methyl sites for hydroxylation is 2. The van der Waals surface area contributed by atoms with E-state index in [0.29, 0.717) is 18.1 Å². The van der Waals surface area contributed by atoms with Gasteiger partial charge in [0.1, 0.15) is 11.9 Å². The number of amides is 2. The van der Waals surface area contributed by atoms with Crippen LogP contribution in [0.5, 0.6) is 0 Å². The molecule has 1 aromatic heterocycles. The molecule has 1 unspecified atom stereocenters. The number of carbonyl (C=O) groups is 2. The minimum Gasteiger partial charge on any atom is -0.331 e. The van der Waals surface area contributed by atoms with Crippen LogP contribution in [-0.4, -0.2) is 34.3 Å². The molecule has 1 aromatic carbocycles. The fraction of sp³-hybridized carbons (Fsp3) is 0.389. The van der Waals surface area contributed by atoms with E-state index in [1.54, 1.807) is 17.0 Å². The number of carbonyl (C=O) groups excluding carboxylic acids is 2. The minimum atomic E-state index is -0.417. The van der Waals surface area contributed by atoms with Crippen LogP contribution in [0.4, 0.5) is 9.52 Å². The first kappa shape index (κ1) is 16.2. The number of fused-ring (bicyclic) bond motifs is 3. The SMILES string of the molecule is CC(=O)N1CCCC1C(=O)Nc1nc2c(s1)-c1ccc(F)cc1CC2. The van der Waals surface area contributed by atoms with Crippen molar-refractivity contribution < 1.29 is 14.0 Å². The van der Waals surface area contributed by atoms with Crippen molar-refractivity contribution in [1.29, 1.82) is 0 Å². The molecule has 0 spiro atoms. The van der Waals surface area contributed by atoms with Gasteiger partial charge in [0.25, 0.3) is 0 Å². The number of halogens is 1. The Bertz CT molecular complexity index is 864. The summed E-state index contributed by atoms with van der Waals surface area (Å²) in [6, 6.07) is 4.38. The Morgan fingerprint density at radius 3 is 3.00 bits per heavy atom. The third kappa shape index (κ3) is 2.93. The van der Waals surface area contributed by atoms with Gasteiger partial charge in [-0.2, -0.15) is 0 Å². The quantitative estimate of drug-likeness (QED) is 0.897. The van der Waals surface area contributed by atoms with Gasteiger partial charge >= 0.3 is 0 Å². The van der Waals surface area contributed by atoms with E-state index in [-0.39, 0.29) is 17.6 Å². The van der Waals surface area contributed by atoms with Gasteiger partial charge in [0.15, 0.2) is 5.13 Å². The second-order valence-electron chi connectivity index (χ2n) is 6.46. The molecular formula is C18H18FN3O2S. The maximum absolute atomic E-state index is 13.4. The number of benzene rings is 1. The van der Waals surface area contributed by atoms with E-state index < -0.39 is 6.04 Å². The largest absolute Gasteiger partial charge is 0.331 e. The van der Waals surface area contributed by atoms with Crippen molar-refractivity contribution in [2.24, 2.45) is 0 Å². The highest BCUT2D eigenvalue weighted by atomic mass is 32.1. The lowest BCUT2D eigenvalue weighted by atomic mass is 9.94. The number of nitrogens with zero attached hydrogens (tertiary/aromatic N) is 2. The second kappa shape index (κ2) is 6.22. The summed E-state index contributed by atoms with van der Waals surface area (Å²) in [6.07, 6.45) is 3.00. The summed E-state index contributed by atoms with van der Waals surface area (Å²) in [5.41, 5.74) is 2.91. The van der Waals surface area contributed by atoms with Crippen molar-refractivity contribution in [3.8, 4) is 10.4 Å². The highest BCUT2D eigenvalue weighted by Gasteiger charge is 2.33. The molecule has 1 aliphatic heterocycles. The van der Waals surface area contributed by atoms with Gasteiger partial charge in [0.2, 0.25) is 11.8 Å². The van der Waals surface area contributed by atoms with E-state index in [0.717, 1.165) is 41.0 Å². The third-order valence-electron chi connectivity index (χ3n) is 4.83. The number of hydrogen-bond acceptors (Lipinski definition) is 4. The normalized spacial score (nSPS) is 18.6. The van der Waals surface area contributed by atoms with Crippen molar-refractivity contribution in [3.05, 3.63) is 35.3 Å². The van der Waals surface area contributed by atoms with Crippen LogP contribution in [0.1, 0.15) is 31.0 Å². The van der Waals surface area contributed by atoms with Crippen LogP contribution in [-0.2, 0) is 22.4 Å². The van der Waals surface area contributed by atoms with Crippen molar-refractivity contribution in [1.82, 2.24) is 9.88 Å². The second-order valence-corrected chi connectivity index (χ2v) is 7.46. The molecule has 2 aliphatic rings. The number of rotatable bonds is 2. The van der Waals surface area contributed by atoms with Gasteiger partial charge in [-0.1, -0.05) is 17.4 Å². The predicted octanol–water partition coefficient (Wildman–Crippen LogP) is 3.00. The van der Waals surface area contributed by atoms with Crippen LogP contribution >= 0.6 is 11.3 Å². The van der Waals surface area contributed by atoms with Gasteiger partial charge < -0.3 is 10.2 Å². The van der Waals surface area contributed by atoms with E-state index in [1.807, 2.05) is 0 Å². The highest BCUT2D eigenvalue weighted by molar-refractivity contribution is 7.19. The smallest absolute Gasteiger partial charge is 0.248 e. The molecular weight excluding hydrogens is 341 g/mol. The van der Waals surface area contributed by atoms with Crippen molar-refractivity contribution >= 4 is 28.3 Å². The predicted molar refractivity (Wildman–Crippen MR) is 94.0 cm³/mol. The lowest BCUT2D eigenvalue weighted by molar-refractivity contribution is -0.134. The third-order valence-corrected chi connectivity index (χ3v) is 5.88. The lowest BCUT2D eigenvalue weighted by Crippen LogP contribution is -2.42. The van der Waals surface area contributed by atoms with Crippen LogP contribution in [0.3, 0.4) is 0 Å². The molecule has 25 heavy (non-hydrogen) atoms. The van der Waals surface area contributed by atoms with E-state index in [9.17, 15) is 14.0 Å². The molecule has 1 fully saturated rings. The fourth-order valence-corrected chi connectivity index (χ4v) is 4.71. The lowest BCUT2D eigenvalue weighted by Gasteiger charge is -2.21. The minimum absolute atomic E-state index is 0.0768. The maximum Gasteiger partial charge on any atom is 0.248 e. The van der Waals surface area contributed by atoms with Crippen molar-refractivity contribution in [2.45, 2.75) is 38.6 Å². The number of aromatic nitrogens is 1. The standard InChI is InChI=1S/C18H18FN3O2S/c1-10(23)22-8-2-3-15(22)17(24)21-18-20-14-7-4-11-9-12(19)5-6-13(11)16(14)25-18/h5-6,9,15H,2-4,7-8H2,1H3,(H,20,21,24). The van der Waals surface area contributed by atoms with Crippen LogP contribution < -0.4 is 5.32 Å². The summed E-state index contributed by atoms with van der Waals surface area (Å²) in [7, 11) is 0. The summed E-state index contributed by atoms with van der Waals surface area (Å²) in [5.74, 6) is -0.490. The van der Waals surface area contributed by atoms with Gasteiger partial charge in [-0.15, -0.1) is 0 Å². The number of likely N-dealkylation sites (tertiary alicyclic amines) is 1. The topological polar surface area (TPSA) is 62.3 Å². The maximum atomic E-state index is 13.4. The zero-order chi connectivity index (χ0) is 17.6. The summed E-state index contributed by atoms with van der Waals surface area (Å²) < 4.78 is 13.4. The molecule has 2 aromatic rings. The van der Waals surface area contributed by atoms with Crippen LogP contribution in [0.15, 0.2) is 18.2 Å². The van der Waals surface area contributed by atoms with Gasteiger partial charge in [-0.3, -0.25) is 9.59 Å². The summed E-state index contributed by atoms with van der Waals surface area (Å²) >= 11 is 1.41. The molecule has 0 radical (unpaired) electrons. The molecule has 4 rings (SSSR count). The molecule has 1 aliphatic carbocycles. The van der Waals surface area contributed by atoms with Crippen LogP contribution in [0, 0.1) is 5.82 Å². The Morgan fingerprint density at radius 1 is 1.36 bits per heavy atom. The Morgan fingerprint density at radius 2 is 2.20 bits per heavy atom. The molecule has 2 amide bonds. The zero-order valence-corrected chi connectivity index (χ0v) is 14.7. The molecule has 1 N–H and O–H groups in total. The fourth-order valence-electron chi connectivity index (χ4n) is 3.63. The van der Waals surface area contributed by atoms with Gasteiger partial charge in [-0.25, -0.2) is 9.37 Å². The molecule has 7 heteroatoms. The zero-order valence-electron chi connectivity index (χ0n) is 13.8. The Balaban J connectivity index is 1.57. The van der Waals surface area contributed by atoms with Crippen LogP contribution in [0.2, 0.25) is 0 Å². The number of anilines is 1. The molecule has 0 bridgehead atoms. The molecule has 5 nitrogen and oxygen atoms in total. The van der Waals surface area contributed by atoms with E-state index >= 15 is 0 Å². The average molecular weight is 359 g/mol. The van der Waals surface area contributed by atoms with Crippen molar-refractivity contribution in [2.75, 3.05) is 11.9 Å². The molecule has 130 valence electrons. The first-order valence-electron chi connectivity index (χ1n) is 8.39. The number of thiazole rings is 1. The molecule has 2 heterocycles. The van der Waals surface area contributed by atoms with Gasteiger partial charge in [0.05, 0.1) is 10.6 Å². The van der Waals surface area contributed by atoms with Gasteiger partial charge in [-0.05, 0) is 48.9 Å². The Labute approximate surface area is 148 Å². The van der Waals surface area contributed by atoms with Gasteiger partial charge in [0, 0.05) is 13.5 Å². The Hall–Kier alpha value is -2.28. The first-order chi connectivity index (χ1) is 12.0. The van der Waals surface area contributed by atoms with E-state index in [2.05, 4.69) is 10.3 Å². The molecule has 0 saturated carbocycles. The summed E-state index contributed by atoms with van der Waals surface area (Å²) in [5, 5.41) is 3.41. The number of hydrogen-bond donors (Lipinski definition) is 1. The van der Waals surface area contributed by atoms with Crippen molar-refractivity contribution in [3.63, 3.8) is 0 Å². The highest BCUT2D eigenvalue weighted by Crippen LogP contribution is 2.39. The molecule has 1 atom stereocenters. The summed E-state index contributed by atoms with van der Waals surface area (Å²) in [4.78, 5) is 31.3. The monoisotopic (exact) mass is 359 g/mol. The van der Waals surface area contributed by atoms with Crippen LogP contribution in [0.25, 0.3) is 10.4 Å². The number of nitrogens with one attached hydrogen (secondary N) is 1. The molecule has 1 saturated heterocycles. The summed E-state index contributed by atoms with van der Waals surface area (Å²) in [6.45, 7) is 2.12. The Kier molecular flexibility index (Phi) is 4.03. The first-order valence-corrected chi connectivity index (χ1v) is 9.21.